The highest BCUT2D eigenvalue weighted by atomic mass is 28.2. The molecule has 1 N–H and O–H groups in total. The number of aliphatic hydroxyl groups is 1. The van der Waals surface area contributed by atoms with Gasteiger partial charge in [0, 0.05) is 18.9 Å². The minimum Gasteiger partial charge on any atom is -0.469 e. The van der Waals surface area contributed by atoms with E-state index in [1.54, 1.807) is 0 Å². The molecule has 1 aliphatic carbocycles. The standard InChI is InChI=1S/C25H48O6Si/c1-24(2,3)32-31-25(4,5)23-18(13-15-19(26)10-9-11-21(27)28-6)14-16-20(23)30-22-12-7-8-17-29-22/h18-20,22-23,26H,7-17,32H2,1-6H3/t18-,19?,20+,22?,23+/m1/s1. The van der Waals surface area contributed by atoms with Crippen LogP contribution in [-0.2, 0) is 23.4 Å². The van der Waals surface area contributed by atoms with Crippen molar-refractivity contribution in [2.75, 3.05) is 13.7 Å². The first-order valence-corrected chi connectivity index (χ1v) is 14.0. The van der Waals surface area contributed by atoms with Crippen LogP contribution in [0.2, 0.25) is 5.04 Å². The van der Waals surface area contributed by atoms with E-state index in [2.05, 4.69) is 34.6 Å². The van der Waals surface area contributed by atoms with Gasteiger partial charge in [-0.1, -0.05) is 20.8 Å². The second-order valence-corrected chi connectivity index (χ2v) is 14.2. The number of aliphatic hydroxyl groups excluding tert-OH is 1. The van der Waals surface area contributed by atoms with Crippen LogP contribution in [0.15, 0.2) is 0 Å². The molecule has 0 amide bonds. The van der Waals surface area contributed by atoms with Crippen LogP contribution in [0.1, 0.15) is 98.8 Å². The van der Waals surface area contributed by atoms with Crippen LogP contribution in [0.5, 0.6) is 0 Å². The lowest BCUT2D eigenvalue weighted by Crippen LogP contribution is -2.46. The summed E-state index contributed by atoms with van der Waals surface area (Å²) in [6, 6.07) is 0. The van der Waals surface area contributed by atoms with Gasteiger partial charge in [0.25, 0.3) is 0 Å². The van der Waals surface area contributed by atoms with E-state index in [-0.39, 0.29) is 35.1 Å². The Morgan fingerprint density at radius 3 is 2.50 bits per heavy atom. The minimum absolute atomic E-state index is 0.0884. The SMILES string of the molecule is COC(=O)CCCC(O)CC[C@@H]1CC[C@H](OC2CCCCO2)[C@H]1C(C)(C)O[SiH2]C(C)(C)C. The Bertz CT molecular complexity index is 555. The number of carbonyl (C=O) groups excluding carboxylic acids is 1. The maximum atomic E-state index is 11.3. The van der Waals surface area contributed by atoms with Gasteiger partial charge < -0.3 is 23.7 Å². The Morgan fingerprint density at radius 1 is 1.12 bits per heavy atom. The molecule has 1 saturated heterocycles. The first-order chi connectivity index (χ1) is 15.0. The summed E-state index contributed by atoms with van der Waals surface area (Å²) in [4.78, 5) is 11.3. The summed E-state index contributed by atoms with van der Waals surface area (Å²) in [5.41, 5.74) is -0.254. The van der Waals surface area contributed by atoms with E-state index < -0.39 is 9.76 Å². The molecule has 2 rings (SSSR count). The average molecular weight is 473 g/mol. The Balaban J connectivity index is 1.97. The van der Waals surface area contributed by atoms with Gasteiger partial charge in [-0.05, 0) is 82.6 Å². The first-order valence-electron chi connectivity index (χ1n) is 12.7. The molecular formula is C25H48O6Si. The third-order valence-corrected chi connectivity index (χ3v) is 8.65. The summed E-state index contributed by atoms with van der Waals surface area (Å²) in [6.45, 7) is 12.0. The van der Waals surface area contributed by atoms with Gasteiger partial charge in [-0.15, -0.1) is 0 Å². The van der Waals surface area contributed by atoms with E-state index in [4.69, 9.17) is 18.6 Å². The second kappa shape index (κ2) is 12.8. The molecule has 0 aromatic rings. The molecule has 7 heteroatoms. The van der Waals surface area contributed by atoms with Crippen LogP contribution in [0.25, 0.3) is 0 Å². The third kappa shape index (κ3) is 9.41. The number of hydrogen-bond donors (Lipinski definition) is 1. The van der Waals surface area contributed by atoms with E-state index in [0.717, 1.165) is 45.1 Å². The number of carbonyl (C=O) groups is 1. The molecule has 32 heavy (non-hydrogen) atoms. The van der Waals surface area contributed by atoms with Gasteiger partial charge in [-0.2, -0.15) is 0 Å². The predicted molar refractivity (Wildman–Crippen MR) is 129 cm³/mol. The lowest BCUT2D eigenvalue weighted by atomic mass is 9.78. The molecule has 1 heterocycles. The fourth-order valence-electron chi connectivity index (χ4n) is 5.18. The number of methoxy groups -OCH3 is 1. The second-order valence-electron chi connectivity index (χ2n) is 11.5. The minimum atomic E-state index is -0.695. The summed E-state index contributed by atoms with van der Waals surface area (Å²) in [5, 5.41) is 10.7. The van der Waals surface area contributed by atoms with Crippen molar-refractivity contribution in [3.63, 3.8) is 0 Å². The van der Waals surface area contributed by atoms with E-state index in [1.165, 1.54) is 13.5 Å². The predicted octanol–water partition coefficient (Wildman–Crippen LogP) is 4.51. The van der Waals surface area contributed by atoms with Crippen molar-refractivity contribution in [1.82, 2.24) is 0 Å². The van der Waals surface area contributed by atoms with E-state index in [9.17, 15) is 9.90 Å². The fourth-order valence-corrected chi connectivity index (χ4v) is 6.18. The number of hydrogen-bond acceptors (Lipinski definition) is 6. The summed E-state index contributed by atoms with van der Waals surface area (Å²) in [5.74, 6) is 0.549. The molecule has 1 saturated carbocycles. The van der Waals surface area contributed by atoms with Crippen molar-refractivity contribution in [3.05, 3.63) is 0 Å². The molecule has 0 radical (unpaired) electrons. The smallest absolute Gasteiger partial charge is 0.305 e. The zero-order valence-electron chi connectivity index (χ0n) is 21.4. The average Bonchev–Trinajstić information content (AvgIpc) is 3.14. The largest absolute Gasteiger partial charge is 0.469 e. The zero-order chi connectivity index (χ0) is 23.8. The Morgan fingerprint density at radius 2 is 1.88 bits per heavy atom. The molecule has 0 spiro atoms. The van der Waals surface area contributed by atoms with Crippen molar-refractivity contribution >= 4 is 15.7 Å². The third-order valence-electron chi connectivity index (χ3n) is 6.89. The zero-order valence-corrected chi connectivity index (χ0v) is 22.8. The quantitative estimate of drug-likeness (QED) is 0.333. The highest BCUT2D eigenvalue weighted by molar-refractivity contribution is 6.31. The van der Waals surface area contributed by atoms with Crippen molar-refractivity contribution in [2.24, 2.45) is 11.8 Å². The van der Waals surface area contributed by atoms with Gasteiger partial charge >= 0.3 is 5.97 Å². The van der Waals surface area contributed by atoms with Gasteiger partial charge in [0.05, 0.1) is 24.9 Å². The monoisotopic (exact) mass is 472 g/mol. The lowest BCUT2D eigenvalue weighted by Gasteiger charge is -2.42. The molecule has 2 unspecified atom stereocenters. The van der Waals surface area contributed by atoms with Crippen molar-refractivity contribution in [2.45, 2.75) is 128 Å². The van der Waals surface area contributed by atoms with Gasteiger partial charge in [-0.25, -0.2) is 0 Å². The van der Waals surface area contributed by atoms with Gasteiger partial charge in [-0.3, -0.25) is 4.79 Å². The Labute approximate surface area is 198 Å². The van der Waals surface area contributed by atoms with Crippen LogP contribution in [0.3, 0.4) is 0 Å². The molecule has 0 aromatic carbocycles. The molecule has 0 bridgehead atoms. The summed E-state index contributed by atoms with van der Waals surface area (Å²) < 4.78 is 23.7. The summed E-state index contributed by atoms with van der Waals surface area (Å²) >= 11 is 0. The molecular weight excluding hydrogens is 424 g/mol. The fraction of sp³-hybridized carbons (Fsp3) is 0.960. The van der Waals surface area contributed by atoms with Gasteiger partial charge in [0.15, 0.2) is 16.1 Å². The van der Waals surface area contributed by atoms with Crippen LogP contribution < -0.4 is 0 Å². The number of rotatable bonds is 12. The Hall–Kier alpha value is -0.473. The Kier molecular flexibility index (Phi) is 11.1. The maximum absolute atomic E-state index is 11.3. The number of ether oxygens (including phenoxy) is 3. The van der Waals surface area contributed by atoms with Crippen LogP contribution in [0, 0.1) is 11.8 Å². The van der Waals surface area contributed by atoms with Crippen molar-refractivity contribution in [1.29, 1.82) is 0 Å². The molecule has 2 fully saturated rings. The highest BCUT2D eigenvalue weighted by Gasteiger charge is 2.47. The van der Waals surface area contributed by atoms with Crippen LogP contribution in [-0.4, -0.2) is 58.7 Å². The summed E-state index contributed by atoms with van der Waals surface area (Å²) in [6.07, 6.45) is 8.45. The van der Waals surface area contributed by atoms with Gasteiger partial charge in [0.2, 0.25) is 0 Å². The molecule has 2 aliphatic rings. The van der Waals surface area contributed by atoms with Crippen LogP contribution in [0.4, 0.5) is 0 Å². The number of esters is 1. The lowest BCUT2D eigenvalue weighted by molar-refractivity contribution is -0.207. The van der Waals surface area contributed by atoms with Crippen LogP contribution >= 0.6 is 0 Å². The topological polar surface area (TPSA) is 74.2 Å². The van der Waals surface area contributed by atoms with Crippen molar-refractivity contribution in [3.8, 4) is 0 Å². The van der Waals surface area contributed by atoms with E-state index in [0.29, 0.717) is 31.1 Å². The molecule has 0 aromatic heterocycles. The highest BCUT2D eigenvalue weighted by Crippen LogP contribution is 2.46. The van der Waals surface area contributed by atoms with Crippen molar-refractivity contribution < 1.29 is 28.5 Å². The molecule has 188 valence electrons. The normalized spacial score (nSPS) is 28.3. The first kappa shape index (κ1) is 27.8. The maximum Gasteiger partial charge on any atom is 0.305 e. The molecule has 5 atom stereocenters. The van der Waals surface area contributed by atoms with Gasteiger partial charge in [0.1, 0.15) is 0 Å². The molecule has 1 aliphatic heterocycles. The molecule has 6 nitrogen and oxygen atoms in total. The van der Waals surface area contributed by atoms with E-state index >= 15 is 0 Å². The van der Waals surface area contributed by atoms with E-state index in [1.807, 2.05) is 0 Å². The summed E-state index contributed by atoms with van der Waals surface area (Å²) in [7, 11) is 0.710.